The van der Waals surface area contributed by atoms with E-state index in [1.165, 1.54) is 0 Å². The minimum absolute atomic E-state index is 0.000522. The maximum Gasteiger partial charge on any atom is 0.253 e. The van der Waals surface area contributed by atoms with E-state index in [1.807, 2.05) is 37.3 Å². The summed E-state index contributed by atoms with van der Waals surface area (Å²) in [5.41, 5.74) is 4.20. The molecule has 118 valence electrons. The molecule has 23 heavy (non-hydrogen) atoms. The number of aromatic nitrogens is 4. The van der Waals surface area contributed by atoms with Crippen LogP contribution in [0.4, 0.5) is 5.69 Å². The van der Waals surface area contributed by atoms with Gasteiger partial charge in [0, 0.05) is 26.2 Å². The van der Waals surface area contributed by atoms with Crippen LogP contribution in [-0.2, 0) is 6.54 Å². The highest BCUT2D eigenvalue weighted by Crippen LogP contribution is 2.16. The number of aryl methyl sites for hydroxylation is 1. The molecule has 0 atom stereocenters. The highest BCUT2D eigenvalue weighted by molar-refractivity contribution is 5.93. The van der Waals surface area contributed by atoms with Crippen molar-refractivity contribution in [3.05, 3.63) is 53.5 Å². The Morgan fingerprint density at radius 2 is 2.00 bits per heavy atom. The standard InChI is InChI=1S/C16H18N6O/c1-11-8-14(15-19-18-10-22(15)20-11)17-9-12-4-6-13(7-5-12)16(23)21(2)3/h4-8,10,17H,9H2,1-3H3. The third kappa shape index (κ3) is 3.13. The van der Waals surface area contributed by atoms with Gasteiger partial charge in [-0.15, -0.1) is 10.2 Å². The van der Waals surface area contributed by atoms with Gasteiger partial charge in [-0.25, -0.2) is 0 Å². The average molecular weight is 310 g/mol. The van der Waals surface area contributed by atoms with Gasteiger partial charge in [0.1, 0.15) is 6.33 Å². The summed E-state index contributed by atoms with van der Waals surface area (Å²) in [5.74, 6) is -0.000522. The van der Waals surface area contributed by atoms with Gasteiger partial charge in [-0.05, 0) is 30.7 Å². The van der Waals surface area contributed by atoms with Crippen LogP contribution in [0.2, 0.25) is 0 Å². The van der Waals surface area contributed by atoms with E-state index in [4.69, 9.17) is 0 Å². The predicted octanol–water partition coefficient (Wildman–Crippen LogP) is 1.75. The Bertz CT molecular complexity index is 837. The quantitative estimate of drug-likeness (QED) is 0.794. The molecule has 0 saturated carbocycles. The molecule has 2 heterocycles. The molecule has 7 heteroatoms. The van der Waals surface area contributed by atoms with Crippen LogP contribution in [0.1, 0.15) is 21.6 Å². The Labute approximate surface area is 133 Å². The number of rotatable bonds is 4. The van der Waals surface area contributed by atoms with E-state index in [0.29, 0.717) is 17.8 Å². The van der Waals surface area contributed by atoms with Crippen LogP contribution in [0.5, 0.6) is 0 Å². The van der Waals surface area contributed by atoms with E-state index >= 15 is 0 Å². The van der Waals surface area contributed by atoms with Gasteiger partial charge in [-0.2, -0.15) is 9.61 Å². The van der Waals surface area contributed by atoms with Crippen molar-refractivity contribution >= 4 is 17.2 Å². The monoisotopic (exact) mass is 310 g/mol. The Balaban J connectivity index is 1.75. The minimum atomic E-state index is -0.000522. The van der Waals surface area contributed by atoms with E-state index in [-0.39, 0.29) is 5.91 Å². The second kappa shape index (κ2) is 6.04. The third-order valence-electron chi connectivity index (χ3n) is 3.48. The van der Waals surface area contributed by atoms with Crippen molar-refractivity contribution in [2.24, 2.45) is 0 Å². The first-order valence-corrected chi connectivity index (χ1v) is 7.27. The second-order valence-corrected chi connectivity index (χ2v) is 5.55. The van der Waals surface area contributed by atoms with Gasteiger partial charge in [-0.1, -0.05) is 12.1 Å². The lowest BCUT2D eigenvalue weighted by Crippen LogP contribution is -2.21. The predicted molar refractivity (Wildman–Crippen MR) is 87.3 cm³/mol. The lowest BCUT2D eigenvalue weighted by molar-refractivity contribution is 0.0827. The molecular weight excluding hydrogens is 292 g/mol. The molecule has 1 N–H and O–H groups in total. The van der Waals surface area contributed by atoms with Crippen LogP contribution in [0.25, 0.3) is 5.65 Å². The van der Waals surface area contributed by atoms with Crippen molar-refractivity contribution in [3.63, 3.8) is 0 Å². The molecule has 0 aliphatic rings. The van der Waals surface area contributed by atoms with E-state index in [9.17, 15) is 4.79 Å². The molecule has 0 radical (unpaired) electrons. The number of hydrogen-bond donors (Lipinski definition) is 1. The largest absolute Gasteiger partial charge is 0.378 e. The molecule has 0 aliphatic heterocycles. The Morgan fingerprint density at radius 1 is 1.26 bits per heavy atom. The number of fused-ring (bicyclic) bond motifs is 1. The Morgan fingerprint density at radius 3 is 2.70 bits per heavy atom. The van der Waals surface area contributed by atoms with Crippen LogP contribution in [-0.4, -0.2) is 44.7 Å². The molecule has 1 amide bonds. The summed E-state index contributed by atoms with van der Waals surface area (Å²) in [5, 5.41) is 15.6. The van der Waals surface area contributed by atoms with Crippen LogP contribution < -0.4 is 5.32 Å². The van der Waals surface area contributed by atoms with Crippen LogP contribution >= 0.6 is 0 Å². The molecule has 0 bridgehead atoms. The summed E-state index contributed by atoms with van der Waals surface area (Å²) >= 11 is 0. The zero-order valence-corrected chi connectivity index (χ0v) is 13.3. The zero-order valence-electron chi connectivity index (χ0n) is 13.3. The van der Waals surface area contributed by atoms with Crippen molar-refractivity contribution in [1.29, 1.82) is 0 Å². The maximum atomic E-state index is 11.9. The van der Waals surface area contributed by atoms with E-state index in [2.05, 4.69) is 20.6 Å². The van der Waals surface area contributed by atoms with Gasteiger partial charge >= 0.3 is 0 Å². The van der Waals surface area contributed by atoms with Gasteiger partial charge < -0.3 is 10.2 Å². The Hall–Kier alpha value is -2.96. The van der Waals surface area contributed by atoms with Crippen molar-refractivity contribution < 1.29 is 4.79 Å². The van der Waals surface area contributed by atoms with Crippen LogP contribution in [0.15, 0.2) is 36.7 Å². The van der Waals surface area contributed by atoms with Crippen molar-refractivity contribution in [3.8, 4) is 0 Å². The number of carbonyl (C=O) groups is 1. The topological polar surface area (TPSA) is 75.4 Å². The van der Waals surface area contributed by atoms with Crippen molar-refractivity contribution in [2.75, 3.05) is 19.4 Å². The fraction of sp³-hybridized carbons (Fsp3) is 0.250. The summed E-state index contributed by atoms with van der Waals surface area (Å²) in [4.78, 5) is 13.4. The van der Waals surface area contributed by atoms with Crippen molar-refractivity contribution in [2.45, 2.75) is 13.5 Å². The summed E-state index contributed by atoms with van der Waals surface area (Å²) < 4.78 is 1.65. The summed E-state index contributed by atoms with van der Waals surface area (Å²) in [7, 11) is 3.49. The van der Waals surface area contributed by atoms with E-state index in [1.54, 1.807) is 29.8 Å². The first-order valence-electron chi connectivity index (χ1n) is 7.27. The van der Waals surface area contributed by atoms with E-state index < -0.39 is 0 Å². The van der Waals surface area contributed by atoms with E-state index in [0.717, 1.165) is 16.9 Å². The molecule has 0 saturated heterocycles. The summed E-state index contributed by atoms with van der Waals surface area (Å²) in [6, 6.07) is 9.50. The fourth-order valence-electron chi connectivity index (χ4n) is 2.30. The van der Waals surface area contributed by atoms with Gasteiger partial charge in [0.15, 0.2) is 0 Å². The first-order chi connectivity index (χ1) is 11.0. The number of nitrogens with one attached hydrogen (secondary N) is 1. The first kappa shape index (κ1) is 15.0. The SMILES string of the molecule is Cc1cc(NCc2ccc(C(=O)N(C)C)cc2)c2nncn2n1. The van der Waals surface area contributed by atoms with Crippen molar-refractivity contribution in [1.82, 2.24) is 24.7 Å². The molecule has 0 fully saturated rings. The summed E-state index contributed by atoms with van der Waals surface area (Å²) in [6.07, 6.45) is 1.58. The summed E-state index contributed by atoms with van der Waals surface area (Å²) in [6.45, 7) is 2.55. The molecule has 7 nitrogen and oxygen atoms in total. The molecule has 0 unspecified atom stereocenters. The van der Waals surface area contributed by atoms with Crippen LogP contribution in [0.3, 0.4) is 0 Å². The third-order valence-corrected chi connectivity index (χ3v) is 3.48. The van der Waals surface area contributed by atoms with Crippen LogP contribution in [0, 0.1) is 6.92 Å². The average Bonchev–Trinajstić information content (AvgIpc) is 3.00. The molecular formula is C16H18N6O. The minimum Gasteiger partial charge on any atom is -0.378 e. The number of benzene rings is 1. The zero-order chi connectivity index (χ0) is 16.4. The Kier molecular flexibility index (Phi) is 3.92. The number of hydrogen-bond acceptors (Lipinski definition) is 5. The fourth-order valence-corrected chi connectivity index (χ4v) is 2.30. The lowest BCUT2D eigenvalue weighted by atomic mass is 10.1. The lowest BCUT2D eigenvalue weighted by Gasteiger charge is -2.11. The maximum absolute atomic E-state index is 11.9. The van der Waals surface area contributed by atoms with Gasteiger partial charge in [-0.3, -0.25) is 4.79 Å². The molecule has 3 aromatic rings. The number of amides is 1. The number of nitrogens with zero attached hydrogens (tertiary/aromatic N) is 5. The van der Waals surface area contributed by atoms with Gasteiger partial charge in [0.2, 0.25) is 5.65 Å². The normalized spacial score (nSPS) is 10.7. The molecule has 0 spiro atoms. The number of carbonyl (C=O) groups excluding carboxylic acids is 1. The second-order valence-electron chi connectivity index (χ2n) is 5.55. The van der Waals surface area contributed by atoms with Gasteiger partial charge in [0.25, 0.3) is 5.91 Å². The molecule has 1 aromatic carbocycles. The highest BCUT2D eigenvalue weighted by Gasteiger charge is 2.08. The smallest absolute Gasteiger partial charge is 0.253 e. The van der Waals surface area contributed by atoms with Gasteiger partial charge in [0.05, 0.1) is 11.4 Å². The number of anilines is 1. The molecule has 0 aliphatic carbocycles. The molecule has 3 rings (SSSR count). The highest BCUT2D eigenvalue weighted by atomic mass is 16.2. The molecule has 2 aromatic heterocycles.